The summed E-state index contributed by atoms with van der Waals surface area (Å²) >= 11 is 0. The molecule has 2 atom stereocenters. The van der Waals surface area contributed by atoms with Crippen LogP contribution in [0.15, 0.2) is 59.5 Å². The molecule has 2 aromatic carbocycles. The molecular formula is C18H23ClN4O6S. The number of nitro benzene ring substituents is 1. The van der Waals surface area contributed by atoms with Crippen LogP contribution in [0.2, 0.25) is 0 Å². The molecule has 0 fully saturated rings. The van der Waals surface area contributed by atoms with Gasteiger partial charge in [0.05, 0.1) is 9.82 Å². The minimum atomic E-state index is -3.89. The van der Waals surface area contributed by atoms with Gasteiger partial charge in [-0.15, -0.1) is 12.4 Å². The van der Waals surface area contributed by atoms with E-state index in [9.17, 15) is 28.4 Å². The fourth-order valence-corrected chi connectivity index (χ4v) is 3.53. The molecule has 12 heteroatoms. The molecule has 0 aliphatic rings. The van der Waals surface area contributed by atoms with Gasteiger partial charge in [0.2, 0.25) is 10.0 Å². The summed E-state index contributed by atoms with van der Waals surface area (Å²) in [5.74, 6) is -0.706. The second-order valence-electron chi connectivity index (χ2n) is 6.24. The monoisotopic (exact) mass is 458 g/mol. The molecule has 2 rings (SSSR count). The highest BCUT2D eigenvalue weighted by atomic mass is 35.5. The molecule has 0 aliphatic carbocycles. The number of sulfonamides is 1. The van der Waals surface area contributed by atoms with Crippen molar-refractivity contribution in [3.63, 3.8) is 0 Å². The predicted octanol–water partition coefficient (Wildman–Crippen LogP) is 0.342. The van der Waals surface area contributed by atoms with Crippen molar-refractivity contribution in [2.45, 2.75) is 23.5 Å². The van der Waals surface area contributed by atoms with Crippen molar-refractivity contribution >= 4 is 34.0 Å². The Hall–Kier alpha value is -2.57. The van der Waals surface area contributed by atoms with Gasteiger partial charge >= 0.3 is 0 Å². The van der Waals surface area contributed by atoms with Gasteiger partial charge in [-0.25, -0.2) is 13.1 Å². The average molecular weight is 459 g/mol. The van der Waals surface area contributed by atoms with Gasteiger partial charge in [-0.1, -0.05) is 30.3 Å². The predicted molar refractivity (Wildman–Crippen MR) is 113 cm³/mol. The Morgan fingerprint density at radius 1 is 1.10 bits per heavy atom. The molecule has 0 spiro atoms. The number of nitro groups is 1. The van der Waals surface area contributed by atoms with Gasteiger partial charge in [0, 0.05) is 31.3 Å². The van der Waals surface area contributed by atoms with Crippen molar-refractivity contribution in [2.75, 3.05) is 13.1 Å². The number of halogens is 1. The van der Waals surface area contributed by atoms with Crippen LogP contribution in [-0.4, -0.2) is 49.6 Å². The fraction of sp³-hybridized carbons (Fsp3) is 0.278. The summed E-state index contributed by atoms with van der Waals surface area (Å²) in [6.07, 6.45) is -1.14. The first kappa shape index (κ1) is 25.5. The lowest BCUT2D eigenvalue weighted by atomic mass is 10.0. The molecule has 164 valence electrons. The first-order valence-corrected chi connectivity index (χ1v) is 10.2. The van der Waals surface area contributed by atoms with Crippen LogP contribution in [0.4, 0.5) is 5.69 Å². The van der Waals surface area contributed by atoms with E-state index in [2.05, 4.69) is 10.0 Å². The average Bonchev–Trinajstić information content (AvgIpc) is 2.71. The normalized spacial score (nSPS) is 13.0. The molecule has 5 N–H and O–H groups in total. The SMILES string of the molecule is Cl.N[C@@H](Cc1ccccc1)[C@@H](O)C(=O)NCCNS(=O)(=O)c1ccc([N+](=O)[O-])cc1. The van der Waals surface area contributed by atoms with Crippen LogP contribution < -0.4 is 15.8 Å². The third-order valence-corrected chi connectivity index (χ3v) is 5.54. The van der Waals surface area contributed by atoms with Crippen molar-refractivity contribution in [1.82, 2.24) is 10.0 Å². The third kappa shape index (κ3) is 7.35. The fourth-order valence-electron chi connectivity index (χ4n) is 2.50. The van der Waals surface area contributed by atoms with Gasteiger partial charge in [-0.05, 0) is 24.1 Å². The number of aliphatic hydroxyl groups excluding tert-OH is 1. The van der Waals surface area contributed by atoms with E-state index in [1.807, 2.05) is 30.3 Å². The van der Waals surface area contributed by atoms with E-state index in [0.29, 0.717) is 6.42 Å². The lowest BCUT2D eigenvalue weighted by molar-refractivity contribution is -0.384. The number of hydrogen-bond acceptors (Lipinski definition) is 7. The number of benzene rings is 2. The highest BCUT2D eigenvalue weighted by Gasteiger charge is 2.23. The van der Waals surface area contributed by atoms with Gasteiger partial charge in [0.25, 0.3) is 11.6 Å². The highest BCUT2D eigenvalue weighted by molar-refractivity contribution is 7.89. The lowest BCUT2D eigenvalue weighted by Gasteiger charge is -2.18. The van der Waals surface area contributed by atoms with E-state index in [-0.39, 0.29) is 36.1 Å². The summed E-state index contributed by atoms with van der Waals surface area (Å²) in [6.45, 7) is -0.203. The molecule has 0 aromatic heterocycles. The Morgan fingerprint density at radius 2 is 1.70 bits per heavy atom. The summed E-state index contributed by atoms with van der Waals surface area (Å²) in [5.41, 5.74) is 6.52. The van der Waals surface area contributed by atoms with Crippen molar-refractivity contribution in [1.29, 1.82) is 0 Å². The third-order valence-electron chi connectivity index (χ3n) is 4.06. The standard InChI is InChI=1S/C18H22N4O6S.ClH/c19-16(12-13-4-2-1-3-5-13)17(23)18(24)20-10-11-21-29(27,28)15-8-6-14(7-9-15)22(25)26;/h1-9,16-17,21,23H,10-12,19H2,(H,20,24);1H/t16-,17+;/m0./s1. The number of amides is 1. The van der Waals surface area contributed by atoms with Crippen LogP contribution >= 0.6 is 12.4 Å². The van der Waals surface area contributed by atoms with Crippen molar-refractivity contribution in [3.05, 3.63) is 70.3 Å². The maximum atomic E-state index is 12.1. The smallest absolute Gasteiger partial charge is 0.269 e. The number of carbonyl (C=O) groups is 1. The molecule has 0 saturated heterocycles. The van der Waals surface area contributed by atoms with Crippen molar-refractivity contribution in [3.8, 4) is 0 Å². The summed E-state index contributed by atoms with van der Waals surface area (Å²) < 4.78 is 26.5. The van der Waals surface area contributed by atoms with Gasteiger partial charge < -0.3 is 16.2 Å². The summed E-state index contributed by atoms with van der Waals surface area (Å²) in [5, 5.41) is 23.0. The van der Waals surface area contributed by atoms with E-state index in [0.717, 1.165) is 29.8 Å². The number of rotatable bonds is 10. The van der Waals surface area contributed by atoms with E-state index in [4.69, 9.17) is 5.73 Å². The molecule has 1 amide bonds. The Balaban J connectivity index is 0.00000450. The zero-order chi connectivity index (χ0) is 21.4. The molecule has 0 aliphatic heterocycles. The van der Waals surface area contributed by atoms with Crippen molar-refractivity contribution < 1.29 is 23.2 Å². The molecule has 0 unspecified atom stereocenters. The molecule has 2 aromatic rings. The van der Waals surface area contributed by atoms with Crippen LogP contribution in [0.1, 0.15) is 5.56 Å². The van der Waals surface area contributed by atoms with Gasteiger partial charge in [-0.2, -0.15) is 0 Å². The van der Waals surface area contributed by atoms with Crippen molar-refractivity contribution in [2.24, 2.45) is 5.73 Å². The molecule has 0 bridgehead atoms. The zero-order valence-corrected chi connectivity index (χ0v) is 17.4. The molecule has 0 radical (unpaired) electrons. The number of nitrogens with two attached hydrogens (primary N) is 1. The summed E-state index contributed by atoms with van der Waals surface area (Å²) in [4.78, 5) is 21.8. The van der Waals surface area contributed by atoms with Crippen LogP contribution in [0, 0.1) is 10.1 Å². The quantitative estimate of drug-likeness (QED) is 0.226. The molecule has 0 saturated carbocycles. The Kier molecular flexibility index (Phi) is 9.82. The maximum absolute atomic E-state index is 12.1. The van der Waals surface area contributed by atoms with Crippen LogP contribution in [0.3, 0.4) is 0 Å². The second kappa shape index (κ2) is 11.6. The zero-order valence-electron chi connectivity index (χ0n) is 15.8. The van der Waals surface area contributed by atoms with Crippen LogP contribution in [0.5, 0.6) is 0 Å². The first-order chi connectivity index (χ1) is 13.7. The summed E-state index contributed by atoms with van der Waals surface area (Å²) in [7, 11) is -3.89. The lowest BCUT2D eigenvalue weighted by Crippen LogP contribution is -2.48. The highest BCUT2D eigenvalue weighted by Crippen LogP contribution is 2.15. The molecule has 30 heavy (non-hydrogen) atoms. The van der Waals surface area contributed by atoms with Gasteiger partial charge in [-0.3, -0.25) is 14.9 Å². The van der Waals surface area contributed by atoms with E-state index in [1.54, 1.807) is 0 Å². The van der Waals surface area contributed by atoms with Crippen LogP contribution in [0.25, 0.3) is 0 Å². The topological polar surface area (TPSA) is 165 Å². The second-order valence-corrected chi connectivity index (χ2v) is 8.01. The first-order valence-electron chi connectivity index (χ1n) is 8.70. The Morgan fingerprint density at radius 3 is 2.27 bits per heavy atom. The van der Waals surface area contributed by atoms with Gasteiger partial charge in [0.1, 0.15) is 6.10 Å². The maximum Gasteiger partial charge on any atom is 0.269 e. The van der Waals surface area contributed by atoms with Crippen LogP contribution in [-0.2, 0) is 21.2 Å². The Bertz CT molecular complexity index is 941. The molecular weight excluding hydrogens is 436 g/mol. The minimum absolute atomic E-state index is 0. The minimum Gasteiger partial charge on any atom is -0.382 e. The number of carbonyl (C=O) groups excluding carboxylic acids is 1. The number of aliphatic hydroxyl groups is 1. The van der Waals surface area contributed by atoms with E-state index in [1.165, 1.54) is 0 Å². The number of non-ortho nitro benzene ring substituents is 1. The number of nitrogens with one attached hydrogen (secondary N) is 2. The molecule has 10 nitrogen and oxygen atoms in total. The Labute approximate surface area is 180 Å². The molecule has 0 heterocycles. The van der Waals surface area contributed by atoms with E-state index < -0.39 is 33.0 Å². The van der Waals surface area contributed by atoms with Gasteiger partial charge in [0.15, 0.2) is 0 Å². The largest absolute Gasteiger partial charge is 0.382 e. The number of nitrogens with zero attached hydrogens (tertiary/aromatic N) is 1. The summed E-state index contributed by atoms with van der Waals surface area (Å²) in [6, 6.07) is 12.7. The van der Waals surface area contributed by atoms with E-state index >= 15 is 0 Å². The number of hydrogen-bond donors (Lipinski definition) is 4.